The van der Waals surface area contributed by atoms with E-state index in [4.69, 9.17) is 0 Å². The molecule has 0 fully saturated rings. The molecule has 0 radical (unpaired) electrons. The standard InChI is InChI=1S/C24H20F4N4O4/c1-22(2,3)13-6-4-12(5-7-13)18(33)31-23(24(26,27)28)16-17(29-20(23)35)32(21(36)30-19(16)34)15-10-8-14(25)9-11-15/h4-11H,1-3H3,(H,29,35)(H,31,33)(H,30,34,36)/t23-/m1/s1. The molecular weight excluding hydrogens is 484 g/mol. The van der Waals surface area contributed by atoms with Crippen molar-refractivity contribution in [2.45, 2.75) is 37.9 Å². The molecule has 8 nitrogen and oxygen atoms in total. The van der Waals surface area contributed by atoms with E-state index < -0.39 is 52.0 Å². The summed E-state index contributed by atoms with van der Waals surface area (Å²) in [6.07, 6.45) is -5.48. The van der Waals surface area contributed by atoms with Gasteiger partial charge in [-0.2, -0.15) is 13.2 Å². The number of hydrogen-bond acceptors (Lipinski definition) is 4. The van der Waals surface area contributed by atoms with Crippen molar-refractivity contribution in [3.8, 4) is 5.69 Å². The number of aromatic nitrogens is 2. The molecule has 0 unspecified atom stereocenters. The van der Waals surface area contributed by atoms with Crippen molar-refractivity contribution in [3.63, 3.8) is 0 Å². The number of nitrogens with one attached hydrogen (secondary N) is 3. The molecule has 0 saturated carbocycles. The third-order valence-electron chi connectivity index (χ3n) is 5.88. The number of carbonyl (C=O) groups is 2. The number of alkyl halides is 3. The Labute approximate surface area is 201 Å². The van der Waals surface area contributed by atoms with Crippen LogP contribution in [0.1, 0.15) is 42.3 Å². The number of nitrogens with zero attached hydrogens (tertiary/aromatic N) is 1. The minimum Gasteiger partial charge on any atom is -0.326 e. The first-order chi connectivity index (χ1) is 16.7. The number of rotatable bonds is 3. The number of amides is 2. The highest BCUT2D eigenvalue weighted by Crippen LogP contribution is 2.45. The molecule has 1 aliphatic heterocycles. The van der Waals surface area contributed by atoms with Gasteiger partial charge in [0, 0.05) is 5.56 Å². The van der Waals surface area contributed by atoms with Crippen LogP contribution in [0.3, 0.4) is 0 Å². The van der Waals surface area contributed by atoms with Crippen LogP contribution in [0, 0.1) is 5.82 Å². The molecule has 2 amide bonds. The van der Waals surface area contributed by atoms with Gasteiger partial charge >= 0.3 is 11.9 Å². The van der Waals surface area contributed by atoms with Gasteiger partial charge in [-0.1, -0.05) is 32.9 Å². The van der Waals surface area contributed by atoms with Crippen LogP contribution in [0.15, 0.2) is 58.1 Å². The van der Waals surface area contributed by atoms with Gasteiger partial charge in [-0.15, -0.1) is 0 Å². The van der Waals surface area contributed by atoms with Crippen LogP contribution < -0.4 is 21.9 Å². The monoisotopic (exact) mass is 504 g/mol. The molecule has 1 atom stereocenters. The highest BCUT2D eigenvalue weighted by atomic mass is 19.4. The number of H-pyrrole nitrogens is 1. The van der Waals surface area contributed by atoms with Crippen molar-refractivity contribution in [3.05, 3.63) is 91.9 Å². The van der Waals surface area contributed by atoms with Crippen molar-refractivity contribution in [1.29, 1.82) is 0 Å². The maximum atomic E-state index is 14.5. The Kier molecular flexibility index (Phi) is 5.65. The zero-order valence-corrected chi connectivity index (χ0v) is 19.2. The molecule has 2 aromatic carbocycles. The molecule has 188 valence electrons. The van der Waals surface area contributed by atoms with Gasteiger partial charge in [-0.05, 0) is 47.4 Å². The van der Waals surface area contributed by atoms with E-state index in [0.29, 0.717) is 4.57 Å². The summed E-state index contributed by atoms with van der Waals surface area (Å²) in [6.45, 7) is 5.73. The van der Waals surface area contributed by atoms with Crippen molar-refractivity contribution >= 4 is 17.6 Å². The minimum atomic E-state index is -5.48. The zero-order valence-electron chi connectivity index (χ0n) is 19.2. The Morgan fingerprint density at radius 1 is 0.944 bits per heavy atom. The van der Waals surface area contributed by atoms with E-state index in [1.807, 2.05) is 26.1 Å². The summed E-state index contributed by atoms with van der Waals surface area (Å²) in [5.74, 6) is -4.53. The first-order valence-electron chi connectivity index (χ1n) is 10.6. The Bertz CT molecular complexity index is 1480. The summed E-state index contributed by atoms with van der Waals surface area (Å²) in [5, 5.41) is 3.61. The van der Waals surface area contributed by atoms with Crippen LogP contribution in [0.25, 0.3) is 5.69 Å². The first kappa shape index (κ1) is 24.9. The quantitative estimate of drug-likeness (QED) is 0.476. The van der Waals surface area contributed by atoms with Crippen molar-refractivity contribution in [2.75, 3.05) is 5.32 Å². The number of fused-ring (bicyclic) bond motifs is 1. The van der Waals surface area contributed by atoms with E-state index in [1.165, 1.54) is 12.1 Å². The lowest BCUT2D eigenvalue weighted by molar-refractivity contribution is -0.196. The van der Waals surface area contributed by atoms with E-state index in [-0.39, 0.29) is 16.7 Å². The number of anilines is 1. The van der Waals surface area contributed by atoms with Crippen LogP contribution in [0.5, 0.6) is 0 Å². The third-order valence-corrected chi connectivity index (χ3v) is 5.88. The fraction of sp³-hybridized carbons (Fsp3) is 0.250. The first-order valence-corrected chi connectivity index (χ1v) is 10.6. The molecule has 1 aromatic heterocycles. The van der Waals surface area contributed by atoms with Crippen molar-refractivity contribution in [2.24, 2.45) is 0 Å². The highest BCUT2D eigenvalue weighted by Gasteiger charge is 2.68. The molecule has 0 bridgehead atoms. The van der Waals surface area contributed by atoms with Gasteiger partial charge in [0.1, 0.15) is 17.2 Å². The average molecular weight is 504 g/mol. The molecule has 0 spiro atoms. The van der Waals surface area contributed by atoms with E-state index in [1.54, 1.807) is 22.4 Å². The van der Waals surface area contributed by atoms with E-state index in [9.17, 15) is 36.7 Å². The van der Waals surface area contributed by atoms with Gasteiger partial charge in [0.2, 0.25) is 0 Å². The van der Waals surface area contributed by atoms with Crippen LogP contribution in [0.2, 0.25) is 0 Å². The molecule has 4 rings (SSSR count). The summed E-state index contributed by atoms with van der Waals surface area (Å²) in [4.78, 5) is 52.7. The summed E-state index contributed by atoms with van der Waals surface area (Å²) < 4.78 is 57.6. The maximum absolute atomic E-state index is 14.5. The van der Waals surface area contributed by atoms with Crippen LogP contribution in [-0.2, 0) is 15.7 Å². The molecule has 2 heterocycles. The number of benzene rings is 2. The second-order valence-corrected chi connectivity index (χ2v) is 9.28. The molecule has 1 aliphatic rings. The van der Waals surface area contributed by atoms with Gasteiger partial charge in [-0.25, -0.2) is 13.8 Å². The Hall–Kier alpha value is -4.22. The number of aromatic amines is 1. The predicted molar refractivity (Wildman–Crippen MR) is 122 cm³/mol. The molecule has 3 aromatic rings. The van der Waals surface area contributed by atoms with Crippen LogP contribution in [0.4, 0.5) is 23.4 Å². The zero-order chi connectivity index (χ0) is 26.6. The Balaban J connectivity index is 1.89. The fourth-order valence-corrected chi connectivity index (χ4v) is 3.98. The Morgan fingerprint density at radius 3 is 2.06 bits per heavy atom. The summed E-state index contributed by atoms with van der Waals surface area (Å²) in [6, 6.07) is 9.77. The SMILES string of the molecule is CC(C)(C)c1ccc(C(=O)N[C@@]2(C(F)(F)F)C(=O)Nc3c2c(=O)[nH]c(=O)n3-c2ccc(F)cc2)cc1. The van der Waals surface area contributed by atoms with E-state index >= 15 is 0 Å². The molecular formula is C24H20F4N4O4. The van der Waals surface area contributed by atoms with Gasteiger partial charge in [0.25, 0.3) is 22.9 Å². The lowest BCUT2D eigenvalue weighted by Gasteiger charge is -2.30. The summed E-state index contributed by atoms with van der Waals surface area (Å²) >= 11 is 0. The normalized spacial score (nSPS) is 17.5. The smallest absolute Gasteiger partial charge is 0.326 e. The number of carbonyl (C=O) groups excluding carboxylic acids is 2. The molecule has 36 heavy (non-hydrogen) atoms. The lowest BCUT2D eigenvalue weighted by atomic mass is 9.86. The molecule has 3 N–H and O–H groups in total. The van der Waals surface area contributed by atoms with Crippen LogP contribution >= 0.6 is 0 Å². The number of halogens is 4. The Morgan fingerprint density at radius 2 is 1.53 bits per heavy atom. The predicted octanol–water partition coefficient (Wildman–Crippen LogP) is 3.10. The highest BCUT2D eigenvalue weighted by molar-refractivity contribution is 6.09. The summed E-state index contributed by atoms with van der Waals surface area (Å²) in [5.41, 5.74) is -7.50. The van der Waals surface area contributed by atoms with Crippen LogP contribution in [-0.4, -0.2) is 27.5 Å². The van der Waals surface area contributed by atoms with Gasteiger partial charge in [0.15, 0.2) is 0 Å². The molecule has 0 saturated heterocycles. The van der Waals surface area contributed by atoms with Crippen molar-refractivity contribution < 1.29 is 27.2 Å². The fourth-order valence-electron chi connectivity index (χ4n) is 3.98. The molecule has 0 aliphatic carbocycles. The second-order valence-electron chi connectivity index (χ2n) is 9.28. The number of hydrogen-bond donors (Lipinski definition) is 3. The van der Waals surface area contributed by atoms with Gasteiger partial charge < -0.3 is 10.6 Å². The van der Waals surface area contributed by atoms with Crippen molar-refractivity contribution in [1.82, 2.24) is 14.9 Å². The minimum absolute atomic E-state index is 0.128. The second kappa shape index (κ2) is 8.18. The lowest BCUT2D eigenvalue weighted by Crippen LogP contribution is -2.62. The van der Waals surface area contributed by atoms with E-state index in [0.717, 1.165) is 29.8 Å². The topological polar surface area (TPSA) is 113 Å². The third kappa shape index (κ3) is 3.88. The average Bonchev–Trinajstić information content (AvgIpc) is 3.07. The van der Waals surface area contributed by atoms with E-state index in [2.05, 4.69) is 0 Å². The maximum Gasteiger partial charge on any atom is 0.425 e. The van der Waals surface area contributed by atoms with Gasteiger partial charge in [-0.3, -0.25) is 19.4 Å². The summed E-state index contributed by atoms with van der Waals surface area (Å²) in [7, 11) is 0. The molecule has 12 heteroatoms. The largest absolute Gasteiger partial charge is 0.425 e. The van der Waals surface area contributed by atoms with Gasteiger partial charge in [0.05, 0.1) is 5.69 Å².